The van der Waals surface area contributed by atoms with Gasteiger partial charge in [-0.05, 0) is 37.8 Å². The third kappa shape index (κ3) is 5.40. The molecule has 2 heterocycles. The number of ether oxygens (including phenoxy) is 1. The van der Waals surface area contributed by atoms with Gasteiger partial charge in [0.25, 0.3) is 0 Å². The number of nitrogens with one attached hydrogen (secondary N) is 1. The van der Waals surface area contributed by atoms with Gasteiger partial charge in [0.1, 0.15) is 5.82 Å². The van der Waals surface area contributed by atoms with Crippen LogP contribution in [0.5, 0.6) is 0 Å². The first-order chi connectivity index (χ1) is 12.8. The predicted octanol–water partition coefficient (Wildman–Crippen LogP) is 2.26. The standard InChI is InChI=1S/C18H26FN3O4S/c1-27(24,25)22-12-8-15(9-13-22)26-14-6-10-21(11-7-14)18(23)20-17-5-3-2-4-16(17)19/h2-5,14-15H,6-13H2,1H3,(H,20,23). The van der Waals surface area contributed by atoms with Crippen LogP contribution >= 0.6 is 0 Å². The maximum absolute atomic E-state index is 13.6. The molecule has 1 aromatic rings. The number of rotatable bonds is 4. The summed E-state index contributed by atoms with van der Waals surface area (Å²) < 4.78 is 44.4. The van der Waals surface area contributed by atoms with Gasteiger partial charge >= 0.3 is 6.03 Å². The smallest absolute Gasteiger partial charge is 0.321 e. The van der Waals surface area contributed by atoms with E-state index in [2.05, 4.69) is 5.32 Å². The lowest BCUT2D eigenvalue weighted by Gasteiger charge is -2.36. The van der Waals surface area contributed by atoms with Crippen molar-refractivity contribution in [2.24, 2.45) is 0 Å². The average Bonchev–Trinajstić information content (AvgIpc) is 2.64. The summed E-state index contributed by atoms with van der Waals surface area (Å²) in [5.41, 5.74) is 0.179. The molecule has 27 heavy (non-hydrogen) atoms. The molecule has 0 atom stereocenters. The lowest BCUT2D eigenvalue weighted by atomic mass is 10.1. The van der Waals surface area contributed by atoms with Gasteiger partial charge in [0.15, 0.2) is 0 Å². The minimum atomic E-state index is -3.13. The summed E-state index contributed by atoms with van der Waals surface area (Å²) in [4.78, 5) is 14.0. The van der Waals surface area contributed by atoms with E-state index in [1.165, 1.54) is 22.7 Å². The first-order valence-electron chi connectivity index (χ1n) is 9.24. The number of nitrogens with zero attached hydrogens (tertiary/aromatic N) is 2. The zero-order valence-electron chi connectivity index (χ0n) is 15.4. The van der Waals surface area contributed by atoms with Gasteiger partial charge in [-0.3, -0.25) is 0 Å². The van der Waals surface area contributed by atoms with Crippen LogP contribution in [0.1, 0.15) is 25.7 Å². The number of amides is 2. The van der Waals surface area contributed by atoms with Gasteiger partial charge in [0.2, 0.25) is 10.0 Å². The second kappa shape index (κ2) is 8.53. The second-order valence-electron chi connectivity index (χ2n) is 7.09. The molecule has 2 amide bonds. The van der Waals surface area contributed by atoms with E-state index in [1.54, 1.807) is 17.0 Å². The number of para-hydroxylation sites is 1. The van der Waals surface area contributed by atoms with Crippen LogP contribution in [0.2, 0.25) is 0 Å². The van der Waals surface area contributed by atoms with Crippen molar-refractivity contribution in [1.82, 2.24) is 9.21 Å². The molecule has 0 bridgehead atoms. The highest BCUT2D eigenvalue weighted by Gasteiger charge is 2.29. The molecule has 0 aromatic heterocycles. The molecular formula is C18H26FN3O4S. The molecule has 0 saturated carbocycles. The molecule has 150 valence electrons. The number of halogens is 1. The van der Waals surface area contributed by atoms with Gasteiger partial charge in [-0.2, -0.15) is 0 Å². The van der Waals surface area contributed by atoms with Gasteiger partial charge in [-0.25, -0.2) is 21.9 Å². The maximum Gasteiger partial charge on any atom is 0.321 e. The highest BCUT2D eigenvalue weighted by Crippen LogP contribution is 2.22. The zero-order chi connectivity index (χ0) is 19.4. The van der Waals surface area contributed by atoms with Gasteiger partial charge < -0.3 is 15.0 Å². The second-order valence-corrected chi connectivity index (χ2v) is 9.08. The number of sulfonamides is 1. The largest absolute Gasteiger partial charge is 0.375 e. The highest BCUT2D eigenvalue weighted by molar-refractivity contribution is 7.88. The maximum atomic E-state index is 13.6. The SMILES string of the molecule is CS(=O)(=O)N1CCC(OC2CCN(C(=O)Nc3ccccc3F)CC2)CC1. The van der Waals surface area contributed by atoms with E-state index in [1.807, 2.05) is 0 Å². The number of anilines is 1. The molecule has 0 radical (unpaired) electrons. The summed E-state index contributed by atoms with van der Waals surface area (Å²) in [6.07, 6.45) is 4.19. The molecule has 2 fully saturated rings. The fourth-order valence-corrected chi connectivity index (χ4v) is 4.40. The lowest BCUT2D eigenvalue weighted by Crippen LogP contribution is -2.45. The summed E-state index contributed by atoms with van der Waals surface area (Å²) >= 11 is 0. The number of hydrogen-bond donors (Lipinski definition) is 1. The first-order valence-corrected chi connectivity index (χ1v) is 11.1. The quantitative estimate of drug-likeness (QED) is 0.842. The van der Waals surface area contributed by atoms with E-state index in [-0.39, 0.29) is 23.9 Å². The van der Waals surface area contributed by atoms with Crippen LogP contribution in [0, 0.1) is 5.82 Å². The fourth-order valence-electron chi connectivity index (χ4n) is 3.52. The number of carbonyl (C=O) groups excluding carboxylic acids is 1. The number of benzene rings is 1. The minimum Gasteiger partial charge on any atom is -0.375 e. The van der Waals surface area contributed by atoms with E-state index >= 15 is 0 Å². The number of carbonyl (C=O) groups is 1. The molecule has 3 rings (SSSR count). The summed E-state index contributed by atoms with van der Waals surface area (Å²) in [6.45, 7) is 2.08. The Labute approximate surface area is 159 Å². The first kappa shape index (κ1) is 20.0. The Hall–Kier alpha value is -1.71. The third-order valence-corrected chi connectivity index (χ3v) is 6.40. The molecule has 2 aliphatic heterocycles. The van der Waals surface area contributed by atoms with Gasteiger partial charge in [0, 0.05) is 26.2 Å². The van der Waals surface area contributed by atoms with Crippen LogP contribution in [0.4, 0.5) is 14.9 Å². The van der Waals surface area contributed by atoms with Crippen LogP contribution < -0.4 is 5.32 Å². The molecule has 2 saturated heterocycles. The Bertz CT molecular complexity index is 758. The molecular weight excluding hydrogens is 373 g/mol. The van der Waals surface area contributed by atoms with Crippen molar-refractivity contribution < 1.29 is 22.3 Å². The predicted molar refractivity (Wildman–Crippen MR) is 101 cm³/mol. The van der Waals surface area contributed by atoms with E-state index in [0.29, 0.717) is 39.0 Å². The van der Waals surface area contributed by atoms with Crippen LogP contribution in [0.3, 0.4) is 0 Å². The van der Waals surface area contributed by atoms with Crippen molar-refractivity contribution in [3.63, 3.8) is 0 Å². The van der Waals surface area contributed by atoms with E-state index in [4.69, 9.17) is 4.74 Å². The third-order valence-electron chi connectivity index (χ3n) is 5.10. The Morgan fingerprint density at radius 2 is 1.63 bits per heavy atom. The van der Waals surface area contributed by atoms with Crippen LogP contribution in [0.25, 0.3) is 0 Å². The van der Waals surface area contributed by atoms with Gasteiger partial charge in [-0.15, -0.1) is 0 Å². The Kier molecular flexibility index (Phi) is 6.33. The Balaban J connectivity index is 1.42. The summed E-state index contributed by atoms with van der Waals surface area (Å²) in [5, 5.41) is 2.60. The summed E-state index contributed by atoms with van der Waals surface area (Å²) in [7, 11) is -3.13. The van der Waals surface area contributed by atoms with E-state index in [0.717, 1.165) is 12.8 Å². The molecule has 2 aliphatic rings. The number of hydrogen-bond acceptors (Lipinski definition) is 4. The van der Waals surface area contributed by atoms with Crippen molar-refractivity contribution >= 4 is 21.7 Å². The number of piperidine rings is 2. The molecule has 1 aromatic carbocycles. The van der Waals surface area contributed by atoms with Crippen molar-refractivity contribution in [2.45, 2.75) is 37.9 Å². The monoisotopic (exact) mass is 399 g/mol. The van der Waals surface area contributed by atoms with Crippen molar-refractivity contribution in [3.05, 3.63) is 30.1 Å². The van der Waals surface area contributed by atoms with Crippen LogP contribution in [-0.4, -0.2) is 68.3 Å². The molecule has 7 nitrogen and oxygen atoms in total. The average molecular weight is 399 g/mol. The lowest BCUT2D eigenvalue weighted by molar-refractivity contribution is -0.0542. The van der Waals surface area contributed by atoms with Crippen molar-refractivity contribution in [3.8, 4) is 0 Å². The summed E-state index contributed by atoms with van der Waals surface area (Å²) in [6, 6.07) is 5.79. The highest BCUT2D eigenvalue weighted by atomic mass is 32.2. The number of likely N-dealkylation sites (tertiary alicyclic amines) is 1. The van der Waals surface area contributed by atoms with Gasteiger partial charge in [0.05, 0.1) is 24.2 Å². The van der Waals surface area contributed by atoms with Crippen molar-refractivity contribution in [1.29, 1.82) is 0 Å². The van der Waals surface area contributed by atoms with E-state index in [9.17, 15) is 17.6 Å². The van der Waals surface area contributed by atoms with Gasteiger partial charge in [-0.1, -0.05) is 12.1 Å². The summed E-state index contributed by atoms with van der Waals surface area (Å²) in [5.74, 6) is -0.454. The molecule has 1 N–H and O–H groups in total. The fraction of sp³-hybridized carbons (Fsp3) is 0.611. The number of urea groups is 1. The minimum absolute atomic E-state index is 0.0618. The molecule has 0 unspecified atom stereocenters. The Morgan fingerprint density at radius 1 is 1.07 bits per heavy atom. The Morgan fingerprint density at radius 3 is 2.19 bits per heavy atom. The normalized spacial score (nSPS) is 20.6. The molecule has 9 heteroatoms. The topological polar surface area (TPSA) is 79.0 Å². The van der Waals surface area contributed by atoms with Crippen LogP contribution in [-0.2, 0) is 14.8 Å². The molecule has 0 spiro atoms. The zero-order valence-corrected chi connectivity index (χ0v) is 16.3. The van der Waals surface area contributed by atoms with Crippen molar-refractivity contribution in [2.75, 3.05) is 37.8 Å². The molecule has 0 aliphatic carbocycles. The van der Waals surface area contributed by atoms with Crippen LogP contribution in [0.15, 0.2) is 24.3 Å². The van der Waals surface area contributed by atoms with E-state index < -0.39 is 15.8 Å².